The Labute approximate surface area is 169 Å². The fraction of sp³-hybridized carbons (Fsp3) is 0.600. The monoisotopic (exact) mass is 406 g/mol. The topological polar surface area (TPSA) is 75.9 Å². The predicted octanol–water partition coefficient (Wildman–Crippen LogP) is 2.59. The fourth-order valence-corrected chi connectivity index (χ4v) is 3.47. The summed E-state index contributed by atoms with van der Waals surface area (Å²) in [6, 6.07) is 2.59. The zero-order chi connectivity index (χ0) is 20.8. The minimum Gasteiger partial charge on any atom is -0.352 e. The van der Waals surface area contributed by atoms with E-state index in [1.165, 1.54) is 25.0 Å². The Morgan fingerprint density at radius 1 is 1.28 bits per heavy atom. The minimum atomic E-state index is -0.654. The molecule has 29 heavy (non-hydrogen) atoms. The van der Waals surface area contributed by atoms with Crippen LogP contribution in [0.15, 0.2) is 12.1 Å². The predicted molar refractivity (Wildman–Crippen MR) is 104 cm³/mol. The second kappa shape index (κ2) is 9.87. The van der Waals surface area contributed by atoms with Crippen LogP contribution >= 0.6 is 0 Å². The molecule has 0 spiro atoms. The molecule has 1 aliphatic rings. The van der Waals surface area contributed by atoms with Crippen molar-refractivity contribution < 1.29 is 13.6 Å². The molecule has 0 unspecified atom stereocenters. The number of likely N-dealkylation sites (tertiary alicyclic amines) is 1. The molecule has 2 heterocycles. The van der Waals surface area contributed by atoms with Gasteiger partial charge in [-0.1, -0.05) is 13.0 Å². The molecule has 1 aromatic heterocycles. The third-order valence-corrected chi connectivity index (χ3v) is 5.46. The Kier molecular flexibility index (Phi) is 7.24. The average molecular weight is 406 g/mol. The summed E-state index contributed by atoms with van der Waals surface area (Å²) in [5.74, 6) is 0.0332. The number of tetrazole rings is 1. The first-order valence-electron chi connectivity index (χ1n) is 10.1. The first-order valence-corrected chi connectivity index (χ1v) is 10.1. The van der Waals surface area contributed by atoms with Crippen LogP contribution < -0.4 is 5.32 Å². The number of nitrogens with zero attached hydrogens (tertiary/aromatic N) is 5. The normalized spacial score (nSPS) is 15.6. The fourth-order valence-electron chi connectivity index (χ4n) is 3.47. The smallest absolute Gasteiger partial charge is 0.220 e. The van der Waals surface area contributed by atoms with Crippen LogP contribution in [-0.2, 0) is 24.4 Å². The molecule has 1 fully saturated rings. The number of carbonyl (C=O) groups excluding carboxylic acids is 1. The summed E-state index contributed by atoms with van der Waals surface area (Å²) in [5, 5.41) is 14.5. The molecule has 158 valence electrons. The van der Waals surface area contributed by atoms with Crippen LogP contribution in [0.4, 0.5) is 8.78 Å². The zero-order valence-electron chi connectivity index (χ0n) is 17.0. The molecule has 2 aromatic rings. The van der Waals surface area contributed by atoms with Crippen molar-refractivity contribution in [3.8, 4) is 0 Å². The van der Waals surface area contributed by atoms with Gasteiger partial charge >= 0.3 is 0 Å². The van der Waals surface area contributed by atoms with E-state index in [0.29, 0.717) is 25.1 Å². The highest BCUT2D eigenvalue weighted by molar-refractivity contribution is 5.75. The van der Waals surface area contributed by atoms with Crippen LogP contribution in [0.3, 0.4) is 0 Å². The first-order chi connectivity index (χ1) is 13.9. The number of benzene rings is 1. The van der Waals surface area contributed by atoms with Crippen molar-refractivity contribution in [3.05, 3.63) is 40.7 Å². The number of aromatic nitrogens is 4. The number of halogens is 2. The van der Waals surface area contributed by atoms with Crippen molar-refractivity contribution in [1.82, 2.24) is 30.4 Å². The molecule has 1 aliphatic heterocycles. The van der Waals surface area contributed by atoms with Crippen molar-refractivity contribution >= 4 is 5.91 Å². The molecule has 0 aliphatic carbocycles. The van der Waals surface area contributed by atoms with Gasteiger partial charge in [-0.2, -0.15) is 0 Å². The number of amides is 1. The quantitative estimate of drug-likeness (QED) is 0.729. The van der Waals surface area contributed by atoms with Crippen LogP contribution in [0.1, 0.15) is 49.6 Å². The zero-order valence-corrected chi connectivity index (χ0v) is 17.0. The molecule has 9 heteroatoms. The van der Waals surface area contributed by atoms with Crippen LogP contribution in [-0.4, -0.2) is 44.1 Å². The number of hydrogen-bond acceptors (Lipinski definition) is 5. The number of rotatable bonds is 8. The van der Waals surface area contributed by atoms with Crippen molar-refractivity contribution in [1.29, 1.82) is 0 Å². The Morgan fingerprint density at radius 2 is 2.03 bits per heavy atom. The van der Waals surface area contributed by atoms with Crippen molar-refractivity contribution in [3.63, 3.8) is 0 Å². The van der Waals surface area contributed by atoms with E-state index in [1.54, 1.807) is 11.6 Å². The van der Waals surface area contributed by atoms with E-state index in [4.69, 9.17) is 0 Å². The summed E-state index contributed by atoms with van der Waals surface area (Å²) in [7, 11) is 0. The molecule has 1 aromatic carbocycles. The molecule has 3 rings (SSSR count). The van der Waals surface area contributed by atoms with Gasteiger partial charge in [-0.05, 0) is 67.3 Å². The molecule has 0 bridgehead atoms. The standard InChI is InChI=1S/C20H28F2N6O/c1-14-7-10-27(11-8-14)13-18-24-25-26-28(18)9-3-4-19(29)23-12-16-17(21)6-5-15(2)20(16)22/h5-6,14H,3-4,7-13H2,1-2H3,(H,23,29). The largest absolute Gasteiger partial charge is 0.352 e. The van der Waals surface area contributed by atoms with E-state index in [1.807, 2.05) is 0 Å². The molecule has 1 amide bonds. The van der Waals surface area contributed by atoms with Crippen molar-refractivity contribution in [2.24, 2.45) is 5.92 Å². The Balaban J connectivity index is 1.43. The van der Waals surface area contributed by atoms with Crippen LogP contribution in [0, 0.1) is 24.5 Å². The van der Waals surface area contributed by atoms with Gasteiger partial charge in [0.2, 0.25) is 5.91 Å². The minimum absolute atomic E-state index is 0.114. The number of carbonyl (C=O) groups is 1. The molecule has 7 nitrogen and oxygen atoms in total. The van der Waals surface area contributed by atoms with Crippen molar-refractivity contribution in [2.75, 3.05) is 13.1 Å². The third-order valence-electron chi connectivity index (χ3n) is 5.46. The summed E-state index contributed by atoms with van der Waals surface area (Å²) < 4.78 is 29.5. The van der Waals surface area contributed by atoms with E-state index in [9.17, 15) is 13.6 Å². The van der Waals surface area contributed by atoms with Gasteiger partial charge in [-0.15, -0.1) is 5.10 Å². The van der Waals surface area contributed by atoms with E-state index in [2.05, 4.69) is 32.7 Å². The van der Waals surface area contributed by atoms with Crippen molar-refractivity contribution in [2.45, 2.75) is 59.2 Å². The van der Waals surface area contributed by atoms with Crippen LogP contribution in [0.5, 0.6) is 0 Å². The van der Waals surface area contributed by atoms with Crippen LogP contribution in [0.2, 0.25) is 0 Å². The van der Waals surface area contributed by atoms with Gasteiger partial charge in [0.1, 0.15) is 11.6 Å². The number of piperidine rings is 1. The molecule has 0 radical (unpaired) electrons. The SMILES string of the molecule is Cc1ccc(F)c(CNC(=O)CCCn2nnnc2CN2CCC(C)CC2)c1F. The van der Waals surface area contributed by atoms with E-state index in [-0.39, 0.29) is 24.4 Å². The highest BCUT2D eigenvalue weighted by Gasteiger charge is 2.18. The molecule has 1 saturated heterocycles. The van der Waals surface area contributed by atoms with Gasteiger partial charge in [-0.3, -0.25) is 9.69 Å². The summed E-state index contributed by atoms with van der Waals surface area (Å²) in [4.78, 5) is 14.4. The van der Waals surface area contributed by atoms with Gasteiger partial charge in [-0.25, -0.2) is 13.5 Å². The van der Waals surface area contributed by atoms with Gasteiger partial charge < -0.3 is 5.32 Å². The molecule has 0 atom stereocenters. The second-order valence-corrected chi connectivity index (χ2v) is 7.81. The summed E-state index contributed by atoms with van der Waals surface area (Å²) >= 11 is 0. The Bertz CT molecular complexity index is 832. The lowest BCUT2D eigenvalue weighted by Gasteiger charge is -2.29. The maximum atomic E-state index is 14.0. The van der Waals surface area contributed by atoms with Gasteiger partial charge in [0.25, 0.3) is 0 Å². The summed E-state index contributed by atoms with van der Waals surface area (Å²) in [5.41, 5.74) is 0.238. The maximum Gasteiger partial charge on any atom is 0.220 e. The second-order valence-electron chi connectivity index (χ2n) is 7.81. The highest BCUT2D eigenvalue weighted by atomic mass is 19.1. The lowest BCUT2D eigenvalue weighted by molar-refractivity contribution is -0.121. The number of hydrogen-bond donors (Lipinski definition) is 1. The molecule has 0 saturated carbocycles. The van der Waals surface area contributed by atoms with E-state index < -0.39 is 11.6 Å². The molecular formula is C20H28F2N6O. The Morgan fingerprint density at radius 3 is 2.79 bits per heavy atom. The molecular weight excluding hydrogens is 378 g/mol. The Hall–Kier alpha value is -2.42. The van der Waals surface area contributed by atoms with Gasteiger partial charge in [0.05, 0.1) is 6.54 Å². The lowest BCUT2D eigenvalue weighted by Crippen LogP contribution is -2.33. The van der Waals surface area contributed by atoms with E-state index in [0.717, 1.165) is 24.8 Å². The highest BCUT2D eigenvalue weighted by Crippen LogP contribution is 2.18. The first kappa shape index (κ1) is 21.3. The van der Waals surface area contributed by atoms with Gasteiger partial charge in [0, 0.05) is 25.1 Å². The molecule has 1 N–H and O–H groups in total. The third kappa shape index (κ3) is 5.79. The number of nitrogens with one attached hydrogen (secondary N) is 1. The van der Waals surface area contributed by atoms with Crippen LogP contribution in [0.25, 0.3) is 0 Å². The average Bonchev–Trinajstić information content (AvgIpc) is 3.13. The lowest BCUT2D eigenvalue weighted by atomic mass is 9.99. The summed E-state index contributed by atoms with van der Waals surface area (Å²) in [6.07, 6.45) is 3.14. The summed E-state index contributed by atoms with van der Waals surface area (Å²) in [6.45, 7) is 6.99. The van der Waals surface area contributed by atoms with E-state index >= 15 is 0 Å². The number of aryl methyl sites for hydroxylation is 2. The van der Waals surface area contributed by atoms with Gasteiger partial charge in [0.15, 0.2) is 5.82 Å². The maximum absolute atomic E-state index is 14.0.